The van der Waals surface area contributed by atoms with Crippen LogP contribution in [0.25, 0.3) is 0 Å². The third-order valence-corrected chi connectivity index (χ3v) is 2.72. The van der Waals surface area contributed by atoms with Crippen molar-refractivity contribution in [3.63, 3.8) is 0 Å². The molecule has 0 bridgehead atoms. The van der Waals surface area contributed by atoms with Crippen molar-refractivity contribution in [3.8, 4) is 5.75 Å². The molecular weight excluding hydrogens is 216 g/mol. The lowest BCUT2D eigenvalue weighted by Crippen LogP contribution is -2.01. The lowest BCUT2D eigenvalue weighted by Gasteiger charge is -2.02. The number of carbonyl (C=O) groups excluding carboxylic acids is 1. The van der Waals surface area contributed by atoms with E-state index in [0.29, 0.717) is 23.5 Å². The van der Waals surface area contributed by atoms with Crippen LogP contribution in [0.2, 0.25) is 0 Å². The van der Waals surface area contributed by atoms with Gasteiger partial charge in [0.2, 0.25) is 0 Å². The summed E-state index contributed by atoms with van der Waals surface area (Å²) in [6, 6.07) is 14.5. The molecule has 2 aromatic carbocycles. The van der Waals surface area contributed by atoms with Gasteiger partial charge in [-0.1, -0.05) is 30.3 Å². The molecule has 0 atom stereocenters. The van der Waals surface area contributed by atoms with Crippen molar-refractivity contribution in [2.45, 2.75) is 6.61 Å². The number of ketones is 1. The van der Waals surface area contributed by atoms with Gasteiger partial charge in [0, 0.05) is 16.7 Å². The normalized spacial score (nSPS) is 12.9. The lowest BCUT2D eigenvalue weighted by atomic mass is 10.0. The molecule has 3 nitrogen and oxygen atoms in total. The Morgan fingerprint density at radius 2 is 1.82 bits per heavy atom. The summed E-state index contributed by atoms with van der Waals surface area (Å²) in [6.45, 7) is 0.394. The lowest BCUT2D eigenvalue weighted by molar-refractivity contribution is -0.194. The number of hydrogen-bond donors (Lipinski definition) is 0. The quantitative estimate of drug-likeness (QED) is 0.583. The van der Waals surface area contributed by atoms with Gasteiger partial charge in [0.15, 0.2) is 11.5 Å². The van der Waals surface area contributed by atoms with E-state index in [0.717, 1.165) is 5.56 Å². The second-order valence-corrected chi connectivity index (χ2v) is 3.86. The fourth-order valence-electron chi connectivity index (χ4n) is 1.83. The molecular formula is C14H10O3. The largest absolute Gasteiger partial charge is 0.337 e. The first-order chi connectivity index (χ1) is 8.34. The van der Waals surface area contributed by atoms with Crippen LogP contribution in [-0.4, -0.2) is 5.78 Å². The van der Waals surface area contributed by atoms with Crippen LogP contribution in [0.5, 0.6) is 5.75 Å². The first-order valence-electron chi connectivity index (χ1n) is 5.37. The number of carbonyl (C=O) groups is 1. The van der Waals surface area contributed by atoms with Gasteiger partial charge in [-0.15, -0.1) is 0 Å². The van der Waals surface area contributed by atoms with E-state index in [-0.39, 0.29) is 5.78 Å². The summed E-state index contributed by atoms with van der Waals surface area (Å²) in [4.78, 5) is 21.9. The van der Waals surface area contributed by atoms with Crippen LogP contribution in [0, 0.1) is 0 Å². The summed E-state index contributed by atoms with van der Waals surface area (Å²) >= 11 is 0. The smallest absolute Gasteiger partial charge is 0.193 e. The highest BCUT2D eigenvalue weighted by Gasteiger charge is 2.17. The summed E-state index contributed by atoms with van der Waals surface area (Å²) in [6.07, 6.45) is 0. The van der Waals surface area contributed by atoms with Gasteiger partial charge in [0.25, 0.3) is 0 Å². The Bertz CT molecular complexity index is 561. The van der Waals surface area contributed by atoms with E-state index in [1.165, 1.54) is 0 Å². The Morgan fingerprint density at radius 1 is 1.00 bits per heavy atom. The van der Waals surface area contributed by atoms with Crippen LogP contribution in [0.3, 0.4) is 0 Å². The predicted molar refractivity (Wildman–Crippen MR) is 61.7 cm³/mol. The molecule has 2 aromatic rings. The SMILES string of the molecule is O=C(c1ccccc1)c1ccc2c(c1)COO2. The highest BCUT2D eigenvalue weighted by atomic mass is 17.2. The molecule has 0 N–H and O–H groups in total. The molecule has 0 saturated heterocycles. The summed E-state index contributed by atoms with van der Waals surface area (Å²) in [7, 11) is 0. The molecule has 3 heteroatoms. The molecule has 0 spiro atoms. The van der Waals surface area contributed by atoms with Gasteiger partial charge in [0.05, 0.1) is 0 Å². The minimum absolute atomic E-state index is 0.0142. The predicted octanol–water partition coefficient (Wildman–Crippen LogP) is 2.74. The number of rotatable bonds is 2. The average molecular weight is 226 g/mol. The average Bonchev–Trinajstić information content (AvgIpc) is 2.86. The molecule has 0 aromatic heterocycles. The highest BCUT2D eigenvalue weighted by molar-refractivity contribution is 6.09. The van der Waals surface area contributed by atoms with Crippen LogP contribution in [0.1, 0.15) is 21.5 Å². The maximum absolute atomic E-state index is 12.2. The van der Waals surface area contributed by atoms with Crippen molar-refractivity contribution in [3.05, 3.63) is 65.2 Å². The van der Waals surface area contributed by atoms with Crippen molar-refractivity contribution >= 4 is 5.78 Å². The molecule has 1 heterocycles. The molecule has 84 valence electrons. The van der Waals surface area contributed by atoms with Crippen LogP contribution in [0.4, 0.5) is 0 Å². The van der Waals surface area contributed by atoms with Gasteiger partial charge in [-0.2, -0.15) is 4.89 Å². The zero-order valence-electron chi connectivity index (χ0n) is 9.05. The maximum Gasteiger partial charge on any atom is 0.193 e. The molecule has 0 aliphatic carbocycles. The third kappa shape index (κ3) is 1.81. The van der Waals surface area contributed by atoms with Crippen molar-refractivity contribution in [1.29, 1.82) is 0 Å². The standard InChI is InChI=1S/C14H10O3/c15-14(10-4-2-1-3-5-10)11-6-7-13-12(8-11)9-16-17-13/h1-8H,9H2. The summed E-state index contributed by atoms with van der Waals surface area (Å²) in [5.41, 5.74) is 2.25. The van der Waals surface area contributed by atoms with E-state index in [4.69, 9.17) is 9.78 Å². The van der Waals surface area contributed by atoms with Crippen LogP contribution < -0.4 is 4.89 Å². The van der Waals surface area contributed by atoms with E-state index < -0.39 is 0 Å². The van der Waals surface area contributed by atoms with Crippen LogP contribution >= 0.6 is 0 Å². The minimum atomic E-state index is 0.0142. The summed E-state index contributed by atoms with van der Waals surface area (Å²) in [5, 5.41) is 0. The van der Waals surface area contributed by atoms with E-state index >= 15 is 0 Å². The van der Waals surface area contributed by atoms with Crippen molar-refractivity contribution in [1.82, 2.24) is 0 Å². The molecule has 3 rings (SSSR count). The Balaban J connectivity index is 1.97. The molecule has 17 heavy (non-hydrogen) atoms. The molecule has 1 aliphatic rings. The van der Waals surface area contributed by atoms with Crippen molar-refractivity contribution < 1.29 is 14.6 Å². The zero-order valence-corrected chi connectivity index (χ0v) is 9.05. The Kier molecular flexibility index (Phi) is 2.38. The first-order valence-corrected chi connectivity index (χ1v) is 5.37. The topological polar surface area (TPSA) is 35.5 Å². The fraction of sp³-hybridized carbons (Fsp3) is 0.0714. The third-order valence-electron chi connectivity index (χ3n) is 2.72. The zero-order chi connectivity index (χ0) is 11.7. The highest BCUT2D eigenvalue weighted by Crippen LogP contribution is 2.27. The number of fused-ring (bicyclic) bond motifs is 1. The molecule has 0 unspecified atom stereocenters. The van der Waals surface area contributed by atoms with Gasteiger partial charge in [-0.3, -0.25) is 4.79 Å². The van der Waals surface area contributed by atoms with Gasteiger partial charge in [0.1, 0.15) is 6.61 Å². The number of benzene rings is 2. The Hall–Kier alpha value is -2.13. The first kappa shape index (κ1) is 10.1. The van der Waals surface area contributed by atoms with E-state index in [9.17, 15) is 4.79 Å². The van der Waals surface area contributed by atoms with Crippen LogP contribution in [-0.2, 0) is 11.5 Å². The second kappa shape index (κ2) is 4.03. The Morgan fingerprint density at radius 3 is 2.65 bits per heavy atom. The number of hydrogen-bond acceptors (Lipinski definition) is 3. The van der Waals surface area contributed by atoms with Gasteiger partial charge in [-0.05, 0) is 18.2 Å². The molecule has 1 aliphatic heterocycles. The second-order valence-electron chi connectivity index (χ2n) is 3.86. The molecule has 0 fully saturated rings. The summed E-state index contributed by atoms with van der Waals surface area (Å²) in [5.74, 6) is 0.704. The van der Waals surface area contributed by atoms with E-state index in [1.54, 1.807) is 12.1 Å². The van der Waals surface area contributed by atoms with Crippen molar-refractivity contribution in [2.24, 2.45) is 0 Å². The monoisotopic (exact) mass is 226 g/mol. The maximum atomic E-state index is 12.2. The fourth-order valence-corrected chi connectivity index (χ4v) is 1.83. The van der Waals surface area contributed by atoms with Crippen molar-refractivity contribution in [2.75, 3.05) is 0 Å². The van der Waals surface area contributed by atoms with Gasteiger partial charge in [-0.25, -0.2) is 0 Å². The molecule has 0 amide bonds. The molecule has 0 saturated carbocycles. The van der Waals surface area contributed by atoms with E-state index in [1.807, 2.05) is 36.4 Å². The Labute approximate surface area is 98.5 Å². The van der Waals surface area contributed by atoms with Gasteiger partial charge >= 0.3 is 0 Å². The summed E-state index contributed by atoms with van der Waals surface area (Å²) < 4.78 is 0. The van der Waals surface area contributed by atoms with Gasteiger partial charge < -0.3 is 4.89 Å². The minimum Gasteiger partial charge on any atom is -0.337 e. The molecule has 0 radical (unpaired) electrons. The van der Waals surface area contributed by atoms with E-state index in [2.05, 4.69) is 0 Å². The van der Waals surface area contributed by atoms with Crippen LogP contribution in [0.15, 0.2) is 48.5 Å².